The van der Waals surface area contributed by atoms with Crippen molar-refractivity contribution in [3.63, 3.8) is 0 Å². The first-order valence-corrected chi connectivity index (χ1v) is 11.0. The summed E-state index contributed by atoms with van der Waals surface area (Å²) in [6, 6.07) is 14.0. The quantitative estimate of drug-likeness (QED) is 0.555. The van der Waals surface area contributed by atoms with Crippen molar-refractivity contribution in [2.45, 2.75) is 12.8 Å². The SMILES string of the molecule is COc1ccc(Cl)cc1NC(=O)C(=O)NCC1CCN(C(=O)c2cc3ccccc3o2)CC1. The minimum atomic E-state index is -0.798. The number of hydrogen-bond acceptors (Lipinski definition) is 5. The third kappa shape index (κ3) is 5.28. The molecule has 8 nitrogen and oxygen atoms in total. The maximum Gasteiger partial charge on any atom is 0.313 e. The first kappa shape index (κ1) is 22.7. The van der Waals surface area contributed by atoms with E-state index in [1.165, 1.54) is 13.2 Å². The lowest BCUT2D eigenvalue weighted by Crippen LogP contribution is -2.43. The van der Waals surface area contributed by atoms with E-state index in [2.05, 4.69) is 10.6 Å². The Hall–Kier alpha value is -3.52. The average Bonchev–Trinajstić information content (AvgIpc) is 3.27. The standard InChI is InChI=1S/C24H24ClN3O5/c1-32-20-7-6-17(25)13-18(20)27-23(30)22(29)26-14-15-8-10-28(11-9-15)24(31)21-12-16-4-2-3-5-19(16)33-21/h2-7,12-13,15H,8-11,14H2,1H3,(H,26,29)(H,27,30). The molecule has 1 aliphatic heterocycles. The summed E-state index contributed by atoms with van der Waals surface area (Å²) < 4.78 is 10.8. The molecule has 3 aromatic rings. The van der Waals surface area contributed by atoms with Crippen LogP contribution in [0.15, 0.2) is 52.9 Å². The highest BCUT2D eigenvalue weighted by Crippen LogP contribution is 2.27. The van der Waals surface area contributed by atoms with Crippen molar-refractivity contribution < 1.29 is 23.5 Å². The van der Waals surface area contributed by atoms with Crippen molar-refractivity contribution in [2.75, 3.05) is 32.1 Å². The fraction of sp³-hybridized carbons (Fsp3) is 0.292. The van der Waals surface area contributed by atoms with Gasteiger partial charge in [0.2, 0.25) is 0 Å². The fourth-order valence-electron chi connectivity index (χ4n) is 3.86. The van der Waals surface area contributed by atoms with Crippen LogP contribution in [0.25, 0.3) is 11.0 Å². The topological polar surface area (TPSA) is 101 Å². The van der Waals surface area contributed by atoms with Crippen LogP contribution >= 0.6 is 11.6 Å². The number of fused-ring (bicyclic) bond motifs is 1. The number of hydrogen-bond donors (Lipinski definition) is 2. The number of halogens is 1. The lowest BCUT2D eigenvalue weighted by molar-refractivity contribution is -0.136. The molecule has 1 saturated heterocycles. The first-order chi connectivity index (χ1) is 15.9. The van der Waals surface area contributed by atoms with Gasteiger partial charge >= 0.3 is 11.8 Å². The van der Waals surface area contributed by atoms with Crippen LogP contribution in [0.3, 0.4) is 0 Å². The van der Waals surface area contributed by atoms with Crippen LogP contribution in [-0.2, 0) is 9.59 Å². The molecule has 1 aromatic heterocycles. The van der Waals surface area contributed by atoms with Gasteiger partial charge in [0, 0.05) is 30.0 Å². The van der Waals surface area contributed by atoms with Gasteiger partial charge in [-0.1, -0.05) is 29.8 Å². The average molecular weight is 470 g/mol. The Kier molecular flexibility index (Phi) is 6.84. The van der Waals surface area contributed by atoms with E-state index >= 15 is 0 Å². The van der Waals surface area contributed by atoms with E-state index in [-0.39, 0.29) is 11.8 Å². The van der Waals surface area contributed by atoms with Crippen LogP contribution in [0, 0.1) is 5.92 Å². The molecule has 1 fully saturated rings. The summed E-state index contributed by atoms with van der Waals surface area (Å²) in [5, 5.41) is 6.50. The number of rotatable bonds is 5. The van der Waals surface area contributed by atoms with Crippen LogP contribution in [0.5, 0.6) is 5.75 Å². The van der Waals surface area contributed by atoms with E-state index in [0.717, 1.165) is 18.2 Å². The van der Waals surface area contributed by atoms with Crippen molar-refractivity contribution in [3.8, 4) is 5.75 Å². The second kappa shape index (κ2) is 9.95. The summed E-state index contributed by atoms with van der Waals surface area (Å²) in [5.41, 5.74) is 1.01. The van der Waals surface area contributed by atoms with Crippen LogP contribution < -0.4 is 15.4 Å². The summed E-state index contributed by atoms with van der Waals surface area (Å²) in [4.78, 5) is 39.0. The minimum absolute atomic E-state index is 0.136. The third-order valence-corrected chi connectivity index (χ3v) is 5.94. The highest BCUT2D eigenvalue weighted by Gasteiger charge is 2.26. The van der Waals surface area contributed by atoms with Gasteiger partial charge in [0.05, 0.1) is 12.8 Å². The maximum absolute atomic E-state index is 12.8. The largest absolute Gasteiger partial charge is 0.495 e. The zero-order valence-corrected chi connectivity index (χ0v) is 18.9. The Balaban J connectivity index is 1.25. The monoisotopic (exact) mass is 469 g/mol. The molecule has 0 aliphatic carbocycles. The molecule has 9 heteroatoms. The number of likely N-dealkylation sites (tertiary alicyclic amines) is 1. The van der Waals surface area contributed by atoms with E-state index in [4.69, 9.17) is 20.8 Å². The van der Waals surface area contributed by atoms with E-state index in [0.29, 0.717) is 47.4 Å². The molecular formula is C24H24ClN3O5. The number of amides is 3. The number of anilines is 1. The van der Waals surface area contributed by atoms with Gasteiger partial charge in [-0.25, -0.2) is 0 Å². The summed E-state index contributed by atoms with van der Waals surface area (Å²) in [6.07, 6.45) is 1.44. The summed E-state index contributed by atoms with van der Waals surface area (Å²) >= 11 is 5.95. The van der Waals surface area contributed by atoms with Gasteiger partial charge in [-0.2, -0.15) is 0 Å². The number of carbonyl (C=O) groups is 3. The number of methoxy groups -OCH3 is 1. The summed E-state index contributed by atoms with van der Waals surface area (Å²) in [7, 11) is 1.46. The first-order valence-electron chi connectivity index (χ1n) is 10.6. The molecular weight excluding hydrogens is 446 g/mol. The van der Waals surface area contributed by atoms with Crippen molar-refractivity contribution in [3.05, 3.63) is 59.3 Å². The number of benzene rings is 2. The molecule has 2 heterocycles. The normalized spacial score (nSPS) is 14.2. The van der Waals surface area contributed by atoms with E-state index in [9.17, 15) is 14.4 Å². The van der Waals surface area contributed by atoms with Gasteiger partial charge in [0.1, 0.15) is 11.3 Å². The molecule has 4 rings (SSSR count). The molecule has 1 aliphatic rings. The number of nitrogens with zero attached hydrogens (tertiary/aromatic N) is 1. The second-order valence-electron chi connectivity index (χ2n) is 7.89. The molecule has 172 valence electrons. The summed E-state index contributed by atoms with van der Waals surface area (Å²) in [5.74, 6) is -0.769. The van der Waals surface area contributed by atoms with E-state index in [1.807, 2.05) is 24.3 Å². The lowest BCUT2D eigenvalue weighted by atomic mass is 9.96. The Morgan fingerprint density at radius 2 is 1.85 bits per heavy atom. The number of para-hydroxylation sites is 1. The highest BCUT2D eigenvalue weighted by molar-refractivity contribution is 6.40. The molecule has 0 radical (unpaired) electrons. The van der Waals surface area contributed by atoms with Crippen LogP contribution in [-0.4, -0.2) is 49.4 Å². The molecule has 0 unspecified atom stereocenters. The molecule has 33 heavy (non-hydrogen) atoms. The summed E-state index contributed by atoms with van der Waals surface area (Å²) in [6.45, 7) is 1.47. The van der Waals surface area contributed by atoms with Gasteiger partial charge in [0.15, 0.2) is 5.76 Å². The van der Waals surface area contributed by atoms with Crippen molar-refractivity contribution in [2.24, 2.45) is 5.92 Å². The van der Waals surface area contributed by atoms with Gasteiger partial charge in [0.25, 0.3) is 5.91 Å². The Labute approximate surface area is 195 Å². The van der Waals surface area contributed by atoms with Gasteiger partial charge < -0.3 is 24.7 Å². The molecule has 2 N–H and O–H groups in total. The van der Waals surface area contributed by atoms with Gasteiger partial charge in [-0.15, -0.1) is 0 Å². The molecule has 0 atom stereocenters. The predicted molar refractivity (Wildman–Crippen MR) is 124 cm³/mol. The number of piperidine rings is 1. The van der Waals surface area contributed by atoms with Crippen molar-refractivity contribution in [1.82, 2.24) is 10.2 Å². The Morgan fingerprint density at radius 1 is 1.09 bits per heavy atom. The van der Waals surface area contributed by atoms with Crippen molar-refractivity contribution >= 4 is 46.0 Å². The minimum Gasteiger partial charge on any atom is -0.495 e. The number of carbonyl (C=O) groups excluding carboxylic acids is 3. The van der Waals surface area contributed by atoms with E-state index in [1.54, 1.807) is 23.1 Å². The highest BCUT2D eigenvalue weighted by atomic mass is 35.5. The lowest BCUT2D eigenvalue weighted by Gasteiger charge is -2.31. The van der Waals surface area contributed by atoms with Crippen LogP contribution in [0.2, 0.25) is 5.02 Å². The second-order valence-corrected chi connectivity index (χ2v) is 8.33. The number of furan rings is 1. The van der Waals surface area contributed by atoms with Crippen LogP contribution in [0.1, 0.15) is 23.4 Å². The van der Waals surface area contributed by atoms with Gasteiger partial charge in [-0.3, -0.25) is 14.4 Å². The van der Waals surface area contributed by atoms with E-state index < -0.39 is 11.8 Å². The fourth-order valence-corrected chi connectivity index (χ4v) is 4.03. The Morgan fingerprint density at radius 3 is 2.58 bits per heavy atom. The zero-order chi connectivity index (χ0) is 23.4. The maximum atomic E-state index is 12.8. The van der Waals surface area contributed by atoms with Crippen LogP contribution in [0.4, 0.5) is 5.69 Å². The predicted octanol–water partition coefficient (Wildman–Crippen LogP) is 3.70. The molecule has 0 saturated carbocycles. The zero-order valence-electron chi connectivity index (χ0n) is 18.1. The number of ether oxygens (including phenoxy) is 1. The number of nitrogens with one attached hydrogen (secondary N) is 2. The molecule has 3 amide bonds. The molecule has 0 spiro atoms. The smallest absolute Gasteiger partial charge is 0.313 e. The molecule has 0 bridgehead atoms. The van der Waals surface area contributed by atoms with Gasteiger partial charge in [-0.05, 0) is 49.1 Å². The van der Waals surface area contributed by atoms with Crippen molar-refractivity contribution in [1.29, 1.82) is 0 Å². The Bertz CT molecular complexity index is 1150. The third-order valence-electron chi connectivity index (χ3n) is 5.71. The molecule has 2 aromatic carbocycles.